The molecule has 0 bridgehead atoms. The first-order valence-corrected chi connectivity index (χ1v) is 8.35. The Morgan fingerprint density at radius 3 is 2.77 bits per heavy atom. The largest absolute Gasteiger partial charge is 0.355 e. The molecule has 2 aliphatic rings. The Kier molecular flexibility index (Phi) is 4.47. The van der Waals surface area contributed by atoms with E-state index in [1.165, 1.54) is 0 Å². The van der Waals surface area contributed by atoms with Gasteiger partial charge in [-0.3, -0.25) is 4.79 Å². The van der Waals surface area contributed by atoms with Crippen LogP contribution in [-0.4, -0.2) is 47.1 Å². The van der Waals surface area contributed by atoms with Crippen molar-refractivity contribution in [3.05, 3.63) is 11.7 Å². The molecule has 3 heterocycles. The normalized spacial score (nSPS) is 30.0. The Bertz CT molecular complexity index is 528. The van der Waals surface area contributed by atoms with Crippen LogP contribution in [0, 0.1) is 24.7 Å². The highest BCUT2D eigenvalue weighted by molar-refractivity contribution is 5.80. The average molecular weight is 306 g/mol. The van der Waals surface area contributed by atoms with Crippen molar-refractivity contribution in [3.8, 4) is 0 Å². The molecule has 1 aromatic heterocycles. The zero-order valence-corrected chi connectivity index (χ0v) is 13.7. The maximum absolute atomic E-state index is 12.3. The molecule has 0 spiro atoms. The Labute approximate surface area is 131 Å². The van der Waals surface area contributed by atoms with Crippen molar-refractivity contribution in [2.75, 3.05) is 26.2 Å². The summed E-state index contributed by atoms with van der Waals surface area (Å²) in [6, 6.07) is 0. The number of carbonyl (C=O) groups excluding carboxylic acids is 1. The molecular formula is C16H26N4O2. The molecule has 122 valence electrons. The highest BCUT2D eigenvalue weighted by Crippen LogP contribution is 2.38. The Balaban J connectivity index is 1.77. The first-order valence-electron chi connectivity index (χ1n) is 8.35. The fraction of sp³-hybridized carbons (Fsp3) is 0.812. The van der Waals surface area contributed by atoms with E-state index >= 15 is 0 Å². The number of nitrogens with zero attached hydrogens (tertiary/aromatic N) is 3. The number of piperidine rings is 1. The second-order valence-electron chi connectivity index (χ2n) is 7.07. The van der Waals surface area contributed by atoms with Gasteiger partial charge in [-0.25, -0.2) is 0 Å². The number of aromatic nitrogens is 2. The van der Waals surface area contributed by atoms with E-state index in [1.54, 1.807) is 0 Å². The molecule has 1 amide bonds. The molecule has 1 aromatic rings. The lowest BCUT2D eigenvalue weighted by molar-refractivity contribution is -0.129. The topological polar surface area (TPSA) is 71.3 Å². The number of nitrogens with one attached hydrogen (secondary N) is 1. The van der Waals surface area contributed by atoms with Crippen LogP contribution in [-0.2, 0) is 4.79 Å². The van der Waals surface area contributed by atoms with E-state index < -0.39 is 0 Å². The van der Waals surface area contributed by atoms with E-state index in [9.17, 15) is 4.79 Å². The number of likely N-dealkylation sites (tertiary alicyclic amines) is 1. The minimum atomic E-state index is 0.0723. The Morgan fingerprint density at radius 2 is 2.09 bits per heavy atom. The summed E-state index contributed by atoms with van der Waals surface area (Å²) in [5, 5.41) is 6.95. The highest BCUT2D eigenvalue weighted by atomic mass is 16.5. The summed E-state index contributed by atoms with van der Waals surface area (Å²) in [4.78, 5) is 19.2. The van der Waals surface area contributed by atoms with Gasteiger partial charge in [0.05, 0.1) is 5.92 Å². The first-order chi connectivity index (χ1) is 10.5. The SMILES string of the molecule is Cc1noc([C@H]2CNC(=O)[C@H]3CCN(CC(C)C)CC[C@H]32)n1. The average Bonchev–Trinajstić information content (AvgIpc) is 2.77. The van der Waals surface area contributed by atoms with Gasteiger partial charge in [0.25, 0.3) is 0 Å². The molecule has 22 heavy (non-hydrogen) atoms. The van der Waals surface area contributed by atoms with E-state index in [-0.39, 0.29) is 17.7 Å². The Morgan fingerprint density at radius 1 is 1.32 bits per heavy atom. The molecule has 0 unspecified atom stereocenters. The molecule has 2 aliphatic heterocycles. The summed E-state index contributed by atoms with van der Waals surface area (Å²) < 4.78 is 5.39. The molecule has 3 rings (SSSR count). The molecule has 3 atom stereocenters. The van der Waals surface area contributed by atoms with Crippen LogP contribution in [0.15, 0.2) is 4.52 Å². The van der Waals surface area contributed by atoms with Crippen LogP contribution >= 0.6 is 0 Å². The van der Waals surface area contributed by atoms with E-state index in [1.807, 2.05) is 6.92 Å². The van der Waals surface area contributed by atoms with E-state index in [4.69, 9.17) is 4.52 Å². The fourth-order valence-electron chi connectivity index (χ4n) is 3.91. The number of amides is 1. The van der Waals surface area contributed by atoms with Crippen molar-refractivity contribution in [3.63, 3.8) is 0 Å². The fourth-order valence-corrected chi connectivity index (χ4v) is 3.91. The Hall–Kier alpha value is -1.43. The summed E-state index contributed by atoms with van der Waals surface area (Å²) in [6.07, 6.45) is 1.95. The van der Waals surface area contributed by atoms with Gasteiger partial charge in [-0.05, 0) is 44.7 Å². The van der Waals surface area contributed by atoms with Crippen molar-refractivity contribution in [2.24, 2.45) is 17.8 Å². The quantitative estimate of drug-likeness (QED) is 0.918. The van der Waals surface area contributed by atoms with Gasteiger partial charge < -0.3 is 14.7 Å². The van der Waals surface area contributed by atoms with E-state index in [2.05, 4.69) is 34.2 Å². The van der Waals surface area contributed by atoms with Crippen molar-refractivity contribution in [1.82, 2.24) is 20.4 Å². The van der Waals surface area contributed by atoms with Gasteiger partial charge in [-0.1, -0.05) is 19.0 Å². The van der Waals surface area contributed by atoms with Crippen molar-refractivity contribution >= 4 is 5.91 Å². The molecular weight excluding hydrogens is 280 g/mol. The number of aryl methyl sites for hydroxylation is 1. The lowest BCUT2D eigenvalue weighted by atomic mass is 9.75. The monoisotopic (exact) mass is 306 g/mol. The summed E-state index contributed by atoms with van der Waals surface area (Å²) in [7, 11) is 0. The standard InChI is InChI=1S/C16H26N4O2/c1-10(2)9-20-6-4-12-13(5-7-20)15(21)17-8-14(12)16-18-11(3)19-22-16/h10,12-14H,4-9H2,1-3H3,(H,17,21)/t12-,13+,14+/m1/s1. The molecule has 0 aliphatic carbocycles. The van der Waals surface area contributed by atoms with Gasteiger partial charge in [-0.2, -0.15) is 4.98 Å². The van der Waals surface area contributed by atoms with Crippen LogP contribution < -0.4 is 5.32 Å². The van der Waals surface area contributed by atoms with Crippen LogP contribution in [0.2, 0.25) is 0 Å². The minimum absolute atomic E-state index is 0.0723. The lowest BCUT2D eigenvalue weighted by Crippen LogP contribution is -2.46. The molecule has 6 nitrogen and oxygen atoms in total. The number of carbonyl (C=O) groups is 1. The number of hydrogen-bond donors (Lipinski definition) is 1. The minimum Gasteiger partial charge on any atom is -0.355 e. The third-order valence-corrected chi connectivity index (χ3v) is 4.89. The van der Waals surface area contributed by atoms with E-state index in [0.29, 0.717) is 30.1 Å². The second-order valence-corrected chi connectivity index (χ2v) is 7.07. The number of rotatable bonds is 3. The molecule has 0 saturated carbocycles. The zero-order valence-electron chi connectivity index (χ0n) is 13.7. The van der Waals surface area contributed by atoms with Gasteiger partial charge in [0.15, 0.2) is 5.82 Å². The summed E-state index contributed by atoms with van der Waals surface area (Å²) >= 11 is 0. The summed E-state index contributed by atoms with van der Waals surface area (Å²) in [6.45, 7) is 10.1. The van der Waals surface area contributed by atoms with Crippen LogP contribution in [0.3, 0.4) is 0 Å². The molecule has 2 fully saturated rings. The predicted molar refractivity (Wildman–Crippen MR) is 82.3 cm³/mol. The van der Waals surface area contributed by atoms with E-state index in [0.717, 1.165) is 32.5 Å². The van der Waals surface area contributed by atoms with Gasteiger partial charge in [0.1, 0.15) is 0 Å². The molecule has 0 radical (unpaired) electrons. The first kappa shape index (κ1) is 15.5. The van der Waals surface area contributed by atoms with Crippen molar-refractivity contribution in [2.45, 2.75) is 39.5 Å². The van der Waals surface area contributed by atoms with Crippen LogP contribution in [0.4, 0.5) is 0 Å². The maximum Gasteiger partial charge on any atom is 0.231 e. The van der Waals surface area contributed by atoms with Crippen molar-refractivity contribution in [1.29, 1.82) is 0 Å². The van der Waals surface area contributed by atoms with Crippen LogP contribution in [0.1, 0.15) is 44.3 Å². The summed E-state index contributed by atoms with van der Waals surface area (Å²) in [5.74, 6) is 2.74. The van der Waals surface area contributed by atoms with Gasteiger partial charge in [-0.15, -0.1) is 0 Å². The summed E-state index contributed by atoms with van der Waals surface area (Å²) in [5.41, 5.74) is 0. The zero-order chi connectivity index (χ0) is 15.7. The predicted octanol–water partition coefficient (Wildman–Crippen LogP) is 1.58. The molecule has 2 saturated heterocycles. The number of fused-ring (bicyclic) bond motifs is 1. The molecule has 1 N–H and O–H groups in total. The van der Waals surface area contributed by atoms with Crippen LogP contribution in [0.25, 0.3) is 0 Å². The number of hydrogen-bond acceptors (Lipinski definition) is 5. The van der Waals surface area contributed by atoms with Gasteiger partial charge in [0, 0.05) is 19.0 Å². The highest BCUT2D eigenvalue weighted by Gasteiger charge is 2.42. The van der Waals surface area contributed by atoms with Gasteiger partial charge >= 0.3 is 0 Å². The van der Waals surface area contributed by atoms with Crippen LogP contribution in [0.5, 0.6) is 0 Å². The maximum atomic E-state index is 12.3. The molecule has 6 heteroatoms. The smallest absolute Gasteiger partial charge is 0.231 e. The second kappa shape index (κ2) is 6.36. The third-order valence-electron chi connectivity index (χ3n) is 4.89. The van der Waals surface area contributed by atoms with Gasteiger partial charge in [0.2, 0.25) is 11.8 Å². The van der Waals surface area contributed by atoms with Crippen molar-refractivity contribution < 1.29 is 9.32 Å². The third kappa shape index (κ3) is 3.16. The lowest BCUT2D eigenvalue weighted by Gasteiger charge is -2.34. The molecule has 0 aromatic carbocycles.